The Kier molecular flexibility index (Phi) is 9.80. The summed E-state index contributed by atoms with van der Waals surface area (Å²) in [6.45, 7) is 4.54. The summed E-state index contributed by atoms with van der Waals surface area (Å²) in [5, 5.41) is 0. The first-order chi connectivity index (χ1) is 15.3. The number of rotatable bonds is 7. The van der Waals surface area contributed by atoms with Crippen molar-refractivity contribution in [1.29, 1.82) is 0 Å². The van der Waals surface area contributed by atoms with E-state index in [1.807, 2.05) is 0 Å². The Morgan fingerprint density at radius 1 is 0.710 bits per heavy atom. The van der Waals surface area contributed by atoms with Crippen LogP contribution in [0.15, 0.2) is 48.5 Å². The van der Waals surface area contributed by atoms with Gasteiger partial charge in [0.25, 0.3) is 0 Å². The molecule has 0 radical (unpaired) electrons. The molecule has 31 heavy (non-hydrogen) atoms. The average Bonchev–Trinajstić information content (AvgIpc) is 2.82. The summed E-state index contributed by atoms with van der Waals surface area (Å²) in [7, 11) is 0. The van der Waals surface area contributed by atoms with Gasteiger partial charge in [-0.15, -0.1) is 5.92 Å². The predicted octanol–water partition coefficient (Wildman–Crippen LogP) is 8.29. The van der Waals surface area contributed by atoms with Crippen LogP contribution in [0.2, 0.25) is 0 Å². The second-order valence-electron chi connectivity index (χ2n) is 9.06. The molecule has 0 N–H and O–H groups in total. The molecule has 2 aromatic carbocycles. The molecule has 162 valence electrons. The Hall–Kier alpha value is -2.44. The molecule has 0 nitrogen and oxygen atoms in total. The van der Waals surface area contributed by atoms with Crippen molar-refractivity contribution in [3.8, 4) is 23.7 Å². The summed E-state index contributed by atoms with van der Waals surface area (Å²) in [4.78, 5) is 0. The van der Waals surface area contributed by atoms with E-state index in [4.69, 9.17) is 0 Å². The maximum atomic E-state index is 3.33. The molecule has 0 unspecified atom stereocenters. The van der Waals surface area contributed by atoms with Gasteiger partial charge in [0.05, 0.1) is 0 Å². The average molecular weight is 411 g/mol. The zero-order chi connectivity index (χ0) is 21.7. The third-order valence-electron chi connectivity index (χ3n) is 6.55. The van der Waals surface area contributed by atoms with Crippen molar-refractivity contribution in [3.05, 3.63) is 70.8 Å². The van der Waals surface area contributed by atoms with Gasteiger partial charge in [0.1, 0.15) is 0 Å². The quantitative estimate of drug-likeness (QED) is 0.318. The van der Waals surface area contributed by atoms with Crippen LogP contribution in [0.4, 0.5) is 0 Å². The number of hydrogen-bond donors (Lipinski definition) is 0. The fourth-order valence-corrected chi connectivity index (χ4v) is 4.60. The van der Waals surface area contributed by atoms with Crippen molar-refractivity contribution in [2.45, 2.75) is 90.4 Å². The van der Waals surface area contributed by atoms with Crippen LogP contribution in [0.25, 0.3) is 0 Å². The lowest BCUT2D eigenvalue weighted by Gasteiger charge is -2.28. The van der Waals surface area contributed by atoms with E-state index in [9.17, 15) is 0 Å². The van der Waals surface area contributed by atoms with E-state index in [2.05, 4.69) is 86.1 Å². The second kappa shape index (κ2) is 13.1. The molecular weight excluding hydrogens is 372 g/mol. The summed E-state index contributed by atoms with van der Waals surface area (Å²) >= 11 is 0. The lowest BCUT2D eigenvalue weighted by molar-refractivity contribution is 0.308. The van der Waals surface area contributed by atoms with Crippen molar-refractivity contribution >= 4 is 0 Å². The Bertz CT molecular complexity index is 885. The van der Waals surface area contributed by atoms with Gasteiger partial charge in [-0.3, -0.25) is 0 Å². The maximum Gasteiger partial charge on any atom is 0.0340 e. The first-order valence-corrected chi connectivity index (χ1v) is 12.4. The second-order valence-corrected chi connectivity index (χ2v) is 9.06. The molecule has 1 aliphatic rings. The van der Waals surface area contributed by atoms with Crippen LogP contribution in [0.5, 0.6) is 0 Å². The Morgan fingerprint density at radius 2 is 1.35 bits per heavy atom. The van der Waals surface area contributed by atoms with Crippen LogP contribution in [0.3, 0.4) is 0 Å². The molecule has 3 rings (SSSR count). The van der Waals surface area contributed by atoms with Gasteiger partial charge in [-0.05, 0) is 79.3 Å². The van der Waals surface area contributed by atoms with Crippen LogP contribution < -0.4 is 0 Å². The number of unbranched alkanes of at least 4 members (excludes halogenated alkanes) is 3. The molecule has 0 spiro atoms. The van der Waals surface area contributed by atoms with E-state index in [0.29, 0.717) is 0 Å². The first-order valence-electron chi connectivity index (χ1n) is 12.4. The van der Waals surface area contributed by atoms with E-state index in [1.165, 1.54) is 68.9 Å². The minimum absolute atomic E-state index is 0.748. The molecule has 0 saturated heterocycles. The molecule has 1 saturated carbocycles. The number of hydrogen-bond acceptors (Lipinski definition) is 0. The van der Waals surface area contributed by atoms with Gasteiger partial charge in [-0.1, -0.05) is 81.6 Å². The molecule has 0 heterocycles. The zero-order valence-corrected chi connectivity index (χ0v) is 19.6. The number of benzene rings is 2. The zero-order valence-electron chi connectivity index (χ0n) is 19.6. The van der Waals surface area contributed by atoms with Gasteiger partial charge >= 0.3 is 0 Å². The van der Waals surface area contributed by atoms with Gasteiger partial charge in [-0.2, -0.15) is 0 Å². The van der Waals surface area contributed by atoms with Gasteiger partial charge in [0, 0.05) is 24.0 Å². The highest BCUT2D eigenvalue weighted by Crippen LogP contribution is 2.37. The van der Waals surface area contributed by atoms with Gasteiger partial charge in [0.2, 0.25) is 0 Å². The van der Waals surface area contributed by atoms with Crippen LogP contribution in [0.1, 0.15) is 106 Å². The smallest absolute Gasteiger partial charge is 0.0340 e. The lowest BCUT2D eigenvalue weighted by Crippen LogP contribution is -2.13. The summed E-state index contributed by atoms with van der Waals surface area (Å²) in [6.07, 6.45) is 13.9. The largest absolute Gasteiger partial charge is 0.103 e. The van der Waals surface area contributed by atoms with Gasteiger partial charge in [-0.25, -0.2) is 0 Å². The third kappa shape index (κ3) is 7.96. The van der Waals surface area contributed by atoms with Crippen molar-refractivity contribution in [1.82, 2.24) is 0 Å². The van der Waals surface area contributed by atoms with Crippen LogP contribution >= 0.6 is 0 Å². The summed E-state index contributed by atoms with van der Waals surface area (Å²) in [5.74, 6) is 14.9. The standard InChI is InChI=1S/C31H38/c1-3-5-6-7-8-9-11-27-12-14-28(15-13-27)16-17-29-20-24-31(25-21-29)30-22-18-26(10-4-2)19-23-30/h12-15,20-21,24-26,30H,3-7,10-11,18-19,22-23H2,1-2H3. The van der Waals surface area contributed by atoms with Crippen molar-refractivity contribution < 1.29 is 0 Å². The molecular formula is C31H38. The highest BCUT2D eigenvalue weighted by Gasteiger charge is 2.21. The molecule has 0 amide bonds. The Labute approximate surface area is 190 Å². The summed E-state index contributed by atoms with van der Waals surface area (Å²) in [5.41, 5.74) is 4.94. The summed E-state index contributed by atoms with van der Waals surface area (Å²) < 4.78 is 0. The predicted molar refractivity (Wildman–Crippen MR) is 134 cm³/mol. The molecule has 0 heteroatoms. The van der Waals surface area contributed by atoms with E-state index in [0.717, 1.165) is 35.8 Å². The van der Waals surface area contributed by atoms with Crippen LogP contribution in [-0.4, -0.2) is 0 Å². The Balaban J connectivity index is 1.49. The molecule has 0 atom stereocenters. The maximum absolute atomic E-state index is 3.33. The molecule has 0 aromatic heterocycles. The van der Waals surface area contributed by atoms with E-state index >= 15 is 0 Å². The molecule has 0 aliphatic heterocycles. The van der Waals surface area contributed by atoms with Gasteiger partial charge in [0.15, 0.2) is 0 Å². The highest BCUT2D eigenvalue weighted by atomic mass is 14.3. The first kappa shape index (κ1) is 23.2. The normalized spacial score (nSPS) is 17.9. The molecule has 2 aromatic rings. The van der Waals surface area contributed by atoms with Crippen LogP contribution in [0, 0.1) is 29.6 Å². The Morgan fingerprint density at radius 3 is 1.97 bits per heavy atom. The van der Waals surface area contributed by atoms with Crippen molar-refractivity contribution in [2.24, 2.45) is 5.92 Å². The SMILES string of the molecule is CCCCCC#CCc1ccc(C#Cc2ccc(C3CCC(CCC)CC3)cc2)cc1. The fraction of sp³-hybridized carbons (Fsp3) is 0.484. The molecule has 1 fully saturated rings. The van der Waals surface area contributed by atoms with Crippen molar-refractivity contribution in [2.75, 3.05) is 0 Å². The minimum atomic E-state index is 0.748. The fourth-order valence-electron chi connectivity index (χ4n) is 4.60. The third-order valence-corrected chi connectivity index (χ3v) is 6.55. The van der Waals surface area contributed by atoms with Crippen LogP contribution in [-0.2, 0) is 6.42 Å². The van der Waals surface area contributed by atoms with E-state index in [-0.39, 0.29) is 0 Å². The van der Waals surface area contributed by atoms with Crippen molar-refractivity contribution in [3.63, 3.8) is 0 Å². The molecule has 1 aliphatic carbocycles. The van der Waals surface area contributed by atoms with E-state index < -0.39 is 0 Å². The minimum Gasteiger partial charge on any atom is -0.103 e. The monoisotopic (exact) mass is 410 g/mol. The highest BCUT2D eigenvalue weighted by molar-refractivity contribution is 5.44. The topological polar surface area (TPSA) is 0 Å². The van der Waals surface area contributed by atoms with E-state index in [1.54, 1.807) is 0 Å². The summed E-state index contributed by atoms with van der Waals surface area (Å²) in [6, 6.07) is 17.5. The molecule has 0 bridgehead atoms. The van der Waals surface area contributed by atoms with Gasteiger partial charge < -0.3 is 0 Å². The lowest BCUT2D eigenvalue weighted by atomic mass is 9.77.